The zero-order valence-corrected chi connectivity index (χ0v) is 19.0. The average Bonchev–Trinajstić information content (AvgIpc) is 3.25. The van der Waals surface area contributed by atoms with E-state index >= 15 is 0 Å². The van der Waals surface area contributed by atoms with Crippen LogP contribution in [0.2, 0.25) is 0 Å². The largest absolute Gasteiger partial charge is 0.497 e. The molecular weight excluding hydrogens is 467 g/mol. The number of methoxy groups -OCH3 is 1. The number of benzene rings is 1. The van der Waals surface area contributed by atoms with E-state index < -0.39 is 0 Å². The van der Waals surface area contributed by atoms with E-state index in [1.54, 1.807) is 7.11 Å². The third-order valence-corrected chi connectivity index (χ3v) is 5.30. The van der Waals surface area contributed by atoms with E-state index in [1.165, 1.54) is 5.56 Å². The molecule has 0 bridgehead atoms. The van der Waals surface area contributed by atoms with Crippen LogP contribution in [0.15, 0.2) is 53.8 Å². The number of nitrogens with one attached hydrogen (secondary N) is 2. The van der Waals surface area contributed by atoms with Crippen LogP contribution < -0.4 is 15.4 Å². The quantitative estimate of drug-likeness (QED) is 0.350. The second-order valence-corrected chi connectivity index (χ2v) is 6.89. The number of ether oxygens (including phenoxy) is 2. The SMILES string of the molecule is CN=C(NCCn1cccc1)NCC1(c2ccc(OC)cc2)CCOCC1.I. The molecule has 1 aromatic carbocycles. The number of aromatic nitrogens is 1. The zero-order chi connectivity index (χ0) is 19.0. The molecule has 1 aliphatic rings. The molecule has 154 valence electrons. The summed E-state index contributed by atoms with van der Waals surface area (Å²) in [5.41, 5.74) is 1.37. The Bertz CT molecular complexity index is 711. The van der Waals surface area contributed by atoms with Crippen molar-refractivity contribution >= 4 is 29.9 Å². The molecule has 1 fully saturated rings. The summed E-state index contributed by atoms with van der Waals surface area (Å²) < 4.78 is 13.1. The van der Waals surface area contributed by atoms with Gasteiger partial charge in [-0.25, -0.2) is 0 Å². The summed E-state index contributed by atoms with van der Waals surface area (Å²) in [5.74, 6) is 1.72. The molecule has 0 radical (unpaired) electrons. The van der Waals surface area contributed by atoms with Crippen LogP contribution in [0.4, 0.5) is 0 Å². The number of aliphatic imine (C=N–C) groups is 1. The fourth-order valence-electron chi connectivity index (χ4n) is 3.57. The van der Waals surface area contributed by atoms with Crippen molar-refractivity contribution in [1.29, 1.82) is 0 Å². The van der Waals surface area contributed by atoms with E-state index in [2.05, 4.69) is 44.7 Å². The van der Waals surface area contributed by atoms with Gasteiger partial charge < -0.3 is 24.7 Å². The fraction of sp³-hybridized carbons (Fsp3) is 0.476. The number of guanidine groups is 1. The Kier molecular flexibility index (Phi) is 9.11. The summed E-state index contributed by atoms with van der Waals surface area (Å²) in [6.07, 6.45) is 6.12. The topological polar surface area (TPSA) is 59.8 Å². The lowest BCUT2D eigenvalue weighted by Crippen LogP contribution is -2.48. The maximum Gasteiger partial charge on any atom is 0.191 e. The molecule has 0 spiro atoms. The van der Waals surface area contributed by atoms with Crippen molar-refractivity contribution < 1.29 is 9.47 Å². The predicted octanol–water partition coefficient (Wildman–Crippen LogP) is 3.03. The Hall–Kier alpha value is -1.74. The molecule has 1 saturated heterocycles. The Morgan fingerprint density at radius 3 is 2.43 bits per heavy atom. The predicted molar refractivity (Wildman–Crippen MR) is 124 cm³/mol. The maximum atomic E-state index is 5.63. The molecule has 1 aromatic heterocycles. The van der Waals surface area contributed by atoms with Crippen molar-refractivity contribution in [3.8, 4) is 5.75 Å². The van der Waals surface area contributed by atoms with Crippen LogP contribution in [-0.4, -0.2) is 51.0 Å². The minimum Gasteiger partial charge on any atom is -0.497 e. The van der Waals surface area contributed by atoms with Gasteiger partial charge in [0.05, 0.1) is 7.11 Å². The molecule has 0 saturated carbocycles. The van der Waals surface area contributed by atoms with Gasteiger partial charge in [-0.1, -0.05) is 12.1 Å². The third-order valence-electron chi connectivity index (χ3n) is 5.30. The van der Waals surface area contributed by atoms with Gasteiger partial charge in [0, 0.05) is 57.7 Å². The normalized spacial score (nSPS) is 16.1. The van der Waals surface area contributed by atoms with Crippen LogP contribution >= 0.6 is 24.0 Å². The molecule has 0 unspecified atom stereocenters. The number of nitrogens with zero attached hydrogens (tertiary/aromatic N) is 2. The standard InChI is InChI=1S/C21H30N4O2.HI/c1-22-20(23-11-14-25-12-3-4-13-25)24-17-21(9-15-27-16-10-21)18-5-7-19(26-2)8-6-18;/h3-8,12-13H,9-11,14-17H2,1-2H3,(H2,22,23,24);1H. The Morgan fingerprint density at radius 2 is 1.82 bits per heavy atom. The van der Waals surface area contributed by atoms with Gasteiger partial charge in [0.2, 0.25) is 0 Å². The fourth-order valence-corrected chi connectivity index (χ4v) is 3.57. The summed E-state index contributed by atoms with van der Waals surface area (Å²) in [7, 11) is 3.51. The molecule has 0 aliphatic carbocycles. The van der Waals surface area contributed by atoms with Crippen LogP contribution in [0.3, 0.4) is 0 Å². The van der Waals surface area contributed by atoms with Crippen molar-refractivity contribution in [2.24, 2.45) is 4.99 Å². The molecule has 2 heterocycles. The van der Waals surface area contributed by atoms with Gasteiger partial charge in [-0.3, -0.25) is 4.99 Å². The first-order valence-corrected chi connectivity index (χ1v) is 9.53. The Morgan fingerprint density at radius 1 is 1.14 bits per heavy atom. The smallest absolute Gasteiger partial charge is 0.191 e. The molecular formula is C21H31IN4O2. The van der Waals surface area contributed by atoms with Crippen LogP contribution in [0.25, 0.3) is 0 Å². The molecule has 1 aliphatic heterocycles. The van der Waals surface area contributed by atoms with Gasteiger partial charge >= 0.3 is 0 Å². The second kappa shape index (κ2) is 11.3. The number of halogens is 1. The van der Waals surface area contributed by atoms with Gasteiger partial charge in [-0.15, -0.1) is 24.0 Å². The Labute approximate surface area is 184 Å². The lowest BCUT2D eigenvalue weighted by molar-refractivity contribution is 0.0513. The van der Waals surface area contributed by atoms with Gasteiger partial charge in [0.25, 0.3) is 0 Å². The third kappa shape index (κ3) is 5.88. The summed E-state index contributed by atoms with van der Waals surface area (Å²) in [5, 5.41) is 6.93. The molecule has 0 amide bonds. The van der Waals surface area contributed by atoms with Crippen molar-refractivity contribution in [2.45, 2.75) is 24.8 Å². The number of rotatable bonds is 7. The van der Waals surface area contributed by atoms with Crippen molar-refractivity contribution in [3.05, 3.63) is 54.4 Å². The number of hydrogen-bond acceptors (Lipinski definition) is 3. The Balaban J connectivity index is 0.00000280. The van der Waals surface area contributed by atoms with Gasteiger partial charge in [0.1, 0.15) is 5.75 Å². The minimum atomic E-state index is 0. The van der Waals surface area contributed by atoms with E-state index in [4.69, 9.17) is 9.47 Å². The summed E-state index contributed by atoms with van der Waals surface area (Å²) in [6, 6.07) is 12.5. The van der Waals surface area contributed by atoms with E-state index in [9.17, 15) is 0 Å². The van der Waals surface area contributed by atoms with Crippen LogP contribution in [0.1, 0.15) is 18.4 Å². The van der Waals surface area contributed by atoms with Crippen molar-refractivity contribution in [2.75, 3.05) is 40.5 Å². The van der Waals surface area contributed by atoms with E-state index in [0.29, 0.717) is 0 Å². The summed E-state index contributed by atoms with van der Waals surface area (Å²) >= 11 is 0. The van der Waals surface area contributed by atoms with Crippen LogP contribution in [0, 0.1) is 0 Å². The molecule has 7 heteroatoms. The lowest BCUT2D eigenvalue weighted by Gasteiger charge is -2.38. The average molecular weight is 498 g/mol. The highest BCUT2D eigenvalue weighted by atomic mass is 127. The second-order valence-electron chi connectivity index (χ2n) is 6.89. The molecule has 2 N–H and O–H groups in total. The highest BCUT2D eigenvalue weighted by Crippen LogP contribution is 2.35. The molecule has 6 nitrogen and oxygen atoms in total. The highest BCUT2D eigenvalue weighted by molar-refractivity contribution is 14.0. The first-order valence-electron chi connectivity index (χ1n) is 9.53. The van der Waals surface area contributed by atoms with Gasteiger partial charge in [-0.2, -0.15) is 0 Å². The minimum absolute atomic E-state index is 0. The monoisotopic (exact) mass is 498 g/mol. The van der Waals surface area contributed by atoms with Crippen LogP contribution in [-0.2, 0) is 16.7 Å². The highest BCUT2D eigenvalue weighted by Gasteiger charge is 2.34. The van der Waals surface area contributed by atoms with Crippen molar-refractivity contribution in [3.63, 3.8) is 0 Å². The number of hydrogen-bond donors (Lipinski definition) is 2. The first kappa shape index (κ1) is 22.5. The molecule has 3 rings (SSSR count). The van der Waals surface area contributed by atoms with E-state index in [-0.39, 0.29) is 29.4 Å². The van der Waals surface area contributed by atoms with Gasteiger partial charge in [0.15, 0.2) is 5.96 Å². The van der Waals surface area contributed by atoms with E-state index in [1.807, 2.05) is 31.3 Å². The lowest BCUT2D eigenvalue weighted by atomic mass is 9.74. The van der Waals surface area contributed by atoms with E-state index in [0.717, 1.165) is 57.4 Å². The molecule has 28 heavy (non-hydrogen) atoms. The summed E-state index contributed by atoms with van der Waals surface area (Å²) in [4.78, 5) is 4.38. The summed E-state index contributed by atoms with van der Waals surface area (Å²) in [6.45, 7) is 4.13. The molecule has 2 aromatic rings. The first-order chi connectivity index (χ1) is 13.3. The maximum absolute atomic E-state index is 5.63. The molecule has 0 atom stereocenters. The van der Waals surface area contributed by atoms with Crippen molar-refractivity contribution in [1.82, 2.24) is 15.2 Å². The van der Waals surface area contributed by atoms with Crippen LogP contribution in [0.5, 0.6) is 5.75 Å². The zero-order valence-electron chi connectivity index (χ0n) is 16.7. The van der Waals surface area contributed by atoms with Gasteiger partial charge in [-0.05, 0) is 42.7 Å².